The third kappa shape index (κ3) is 8.75. The van der Waals surface area contributed by atoms with Gasteiger partial charge >= 0.3 is 0 Å². The summed E-state index contributed by atoms with van der Waals surface area (Å²) in [7, 11) is -3.44. The molecule has 1 aromatic heterocycles. The number of hydrogen-bond donors (Lipinski definition) is 3. The van der Waals surface area contributed by atoms with Gasteiger partial charge < -0.3 is 34.0 Å². The van der Waals surface area contributed by atoms with Crippen molar-refractivity contribution in [2.75, 3.05) is 36.2 Å². The van der Waals surface area contributed by atoms with Crippen LogP contribution in [0.5, 0.6) is 5.75 Å². The highest BCUT2D eigenvalue weighted by Gasteiger charge is 2.66. The lowest BCUT2D eigenvalue weighted by Crippen LogP contribution is -2.49. The average molecular weight is 940 g/mol. The van der Waals surface area contributed by atoms with Crippen LogP contribution in [0.1, 0.15) is 67.0 Å². The number of ether oxygens (including phenoxy) is 2. The number of aryl methyl sites for hydroxylation is 1. The van der Waals surface area contributed by atoms with Crippen LogP contribution in [-0.4, -0.2) is 83.9 Å². The SMILES string of the molecule is CCOc1ccc2c(c1)CC(NCCCCO)C(=O)N2c1cccc(CN2C(=O)[C@]3(O[C@H](CCn4cc(C(CO)c5ccccc5)nn4)[C@@H]([Si](C)(C)F)[C@@H]3C)c3cc(Br)ccc32)c1. The van der Waals surface area contributed by atoms with Crippen molar-refractivity contribution in [3.8, 4) is 5.75 Å². The van der Waals surface area contributed by atoms with Crippen LogP contribution >= 0.6 is 15.9 Å². The molecule has 1 spiro atoms. The molecule has 8 rings (SSSR count). The molecule has 15 heteroatoms. The first-order valence-corrected chi connectivity index (χ1v) is 25.7. The fourth-order valence-electron chi connectivity index (χ4n) is 10.0. The molecular formula is C48H56BrFN6O6Si. The quantitative estimate of drug-likeness (QED) is 0.0482. The van der Waals surface area contributed by atoms with Crippen LogP contribution in [0.15, 0.2) is 102 Å². The largest absolute Gasteiger partial charge is 0.494 e. The third-order valence-electron chi connectivity index (χ3n) is 12.9. The highest BCUT2D eigenvalue weighted by Crippen LogP contribution is 2.60. The topological polar surface area (TPSA) is 142 Å². The molecule has 2 amide bonds. The van der Waals surface area contributed by atoms with E-state index in [4.69, 9.17) is 9.47 Å². The number of halogens is 2. The second-order valence-electron chi connectivity index (χ2n) is 17.4. The van der Waals surface area contributed by atoms with Gasteiger partial charge in [-0.2, -0.15) is 0 Å². The smallest absolute Gasteiger partial charge is 0.264 e. The highest BCUT2D eigenvalue weighted by atomic mass is 79.9. The summed E-state index contributed by atoms with van der Waals surface area (Å²) in [4.78, 5) is 33.1. The maximum Gasteiger partial charge on any atom is 0.264 e. The van der Waals surface area contributed by atoms with Crippen molar-refractivity contribution in [1.82, 2.24) is 20.3 Å². The number of nitrogens with zero attached hydrogens (tertiary/aromatic N) is 5. The second kappa shape index (κ2) is 18.8. The van der Waals surface area contributed by atoms with Crippen molar-refractivity contribution in [1.29, 1.82) is 0 Å². The monoisotopic (exact) mass is 938 g/mol. The van der Waals surface area contributed by atoms with Gasteiger partial charge in [0.05, 0.1) is 54.9 Å². The van der Waals surface area contributed by atoms with Crippen LogP contribution in [-0.2, 0) is 39.4 Å². The van der Waals surface area contributed by atoms with Crippen molar-refractivity contribution in [2.24, 2.45) is 5.92 Å². The number of benzene rings is 4. The van der Waals surface area contributed by atoms with Crippen molar-refractivity contribution < 1.29 is 33.4 Å². The van der Waals surface area contributed by atoms with Crippen LogP contribution in [0.4, 0.5) is 21.2 Å². The minimum Gasteiger partial charge on any atom is -0.494 e. The molecule has 3 aliphatic heterocycles. The Labute approximate surface area is 377 Å². The molecule has 63 heavy (non-hydrogen) atoms. The predicted molar refractivity (Wildman–Crippen MR) is 246 cm³/mol. The summed E-state index contributed by atoms with van der Waals surface area (Å²) < 4.78 is 32.1. The van der Waals surface area contributed by atoms with Gasteiger partial charge in [0.2, 0.25) is 14.3 Å². The molecule has 332 valence electrons. The van der Waals surface area contributed by atoms with E-state index in [-0.39, 0.29) is 37.5 Å². The van der Waals surface area contributed by atoms with Gasteiger partial charge in [-0.1, -0.05) is 70.5 Å². The molecule has 3 aliphatic rings. The number of aliphatic hydroxyl groups excluding tert-OH is 2. The molecule has 4 aromatic carbocycles. The molecule has 6 atom stereocenters. The lowest BCUT2D eigenvalue weighted by atomic mass is 9.82. The first kappa shape index (κ1) is 44.8. The van der Waals surface area contributed by atoms with E-state index in [1.807, 2.05) is 111 Å². The van der Waals surface area contributed by atoms with Gasteiger partial charge in [-0.3, -0.25) is 19.2 Å². The molecule has 1 fully saturated rings. The molecule has 4 heterocycles. The molecule has 2 unspecified atom stereocenters. The fourth-order valence-corrected chi connectivity index (χ4v) is 12.9. The lowest BCUT2D eigenvalue weighted by molar-refractivity contribution is -0.146. The van der Waals surface area contributed by atoms with E-state index in [1.165, 1.54) is 0 Å². The average Bonchev–Trinajstić information content (AvgIpc) is 3.92. The van der Waals surface area contributed by atoms with Crippen LogP contribution in [0, 0.1) is 5.92 Å². The maximum atomic E-state index is 16.7. The Balaban J connectivity index is 1.08. The van der Waals surface area contributed by atoms with Gasteiger partial charge in [0.1, 0.15) is 5.75 Å². The molecule has 0 bridgehead atoms. The Hall–Kier alpha value is -4.77. The molecule has 1 saturated heterocycles. The summed E-state index contributed by atoms with van der Waals surface area (Å²) in [6, 6.07) is 28.5. The molecule has 12 nitrogen and oxygen atoms in total. The Kier molecular flexibility index (Phi) is 13.3. The van der Waals surface area contributed by atoms with E-state index in [0.29, 0.717) is 61.6 Å². The number of unbranched alkanes of at least 4 members (excludes halogenated alkanes) is 1. The lowest BCUT2D eigenvalue weighted by Gasteiger charge is -2.35. The van der Waals surface area contributed by atoms with E-state index >= 15 is 8.90 Å². The number of anilines is 3. The van der Waals surface area contributed by atoms with E-state index in [9.17, 15) is 15.0 Å². The Bertz CT molecular complexity index is 2430. The van der Waals surface area contributed by atoms with Crippen LogP contribution in [0.2, 0.25) is 18.6 Å². The van der Waals surface area contributed by atoms with Gasteiger partial charge in [-0.05, 0) is 117 Å². The summed E-state index contributed by atoms with van der Waals surface area (Å²) in [5, 5.41) is 31.8. The zero-order valence-corrected chi connectivity index (χ0v) is 38.8. The number of carbonyl (C=O) groups excluding carboxylic acids is 2. The normalized spacial score (nSPS) is 22.5. The summed E-state index contributed by atoms with van der Waals surface area (Å²) in [5.74, 6) is -0.417. The molecule has 0 saturated carbocycles. The van der Waals surface area contributed by atoms with Gasteiger partial charge in [0.15, 0.2) is 5.60 Å². The zero-order valence-electron chi connectivity index (χ0n) is 36.2. The van der Waals surface area contributed by atoms with Gasteiger partial charge in [0.25, 0.3) is 5.91 Å². The van der Waals surface area contributed by atoms with E-state index in [1.54, 1.807) is 27.6 Å². The van der Waals surface area contributed by atoms with Gasteiger partial charge in [0, 0.05) is 46.5 Å². The molecule has 0 aliphatic carbocycles. The summed E-state index contributed by atoms with van der Waals surface area (Å²) in [5.41, 5.74) is 4.26. The van der Waals surface area contributed by atoms with E-state index < -0.39 is 37.6 Å². The Morgan fingerprint density at radius 1 is 1.02 bits per heavy atom. The van der Waals surface area contributed by atoms with E-state index in [2.05, 4.69) is 31.6 Å². The standard InChI is InChI=1S/C48H56BrFN6O6Si/c1-5-61-37-17-19-42-34(25-37)26-40(51-21-9-10-23-57)46(59)56(42)36-15-11-12-32(24-36)28-55-43-18-16-35(49)27-39(43)48(47(55)60)31(2)45(63(3,4)50)44(62-48)20-22-54-29-41(52-53-54)38(30-58)33-13-7-6-8-14-33/h6-8,11-19,24-25,27,29,31,38,40,44-45,51,57-58H,5,9-10,20-23,26,28,30H2,1-4H3/t31-,38?,40?,44+,45-,48+/m0/s1. The number of carbonyl (C=O) groups is 2. The van der Waals surface area contributed by atoms with Crippen molar-refractivity contribution in [2.45, 2.75) is 94.9 Å². The maximum absolute atomic E-state index is 16.7. The minimum atomic E-state index is -3.44. The summed E-state index contributed by atoms with van der Waals surface area (Å²) in [6.45, 7) is 8.94. The van der Waals surface area contributed by atoms with Crippen LogP contribution < -0.4 is 19.9 Å². The molecule has 3 N–H and O–H groups in total. The molecule has 0 radical (unpaired) electrons. The Morgan fingerprint density at radius 3 is 2.56 bits per heavy atom. The molecule has 5 aromatic rings. The number of amides is 2. The first-order chi connectivity index (χ1) is 30.4. The minimum absolute atomic E-state index is 0.0889. The highest BCUT2D eigenvalue weighted by molar-refractivity contribution is 9.10. The van der Waals surface area contributed by atoms with Crippen LogP contribution in [0.25, 0.3) is 0 Å². The van der Waals surface area contributed by atoms with Gasteiger partial charge in [-0.15, -0.1) is 5.10 Å². The van der Waals surface area contributed by atoms with Crippen LogP contribution in [0.3, 0.4) is 0 Å². The number of aromatic nitrogens is 3. The Morgan fingerprint density at radius 2 is 1.81 bits per heavy atom. The number of rotatable bonds is 17. The zero-order chi connectivity index (χ0) is 44.5. The number of nitrogens with one attached hydrogen (secondary N) is 1. The van der Waals surface area contributed by atoms with Gasteiger partial charge in [-0.25, -0.2) is 0 Å². The van der Waals surface area contributed by atoms with E-state index in [0.717, 1.165) is 39.0 Å². The number of aliphatic hydroxyl groups is 2. The fraction of sp³-hybridized carbons (Fsp3) is 0.417. The summed E-state index contributed by atoms with van der Waals surface area (Å²) >= 11 is 3.65. The first-order valence-electron chi connectivity index (χ1n) is 21.9. The summed E-state index contributed by atoms with van der Waals surface area (Å²) in [6.07, 6.45) is 3.53. The van der Waals surface area contributed by atoms with Crippen molar-refractivity contribution >= 4 is 53.2 Å². The predicted octanol–water partition coefficient (Wildman–Crippen LogP) is 7.93. The second-order valence-corrected chi connectivity index (χ2v) is 22.1. The molecular weight excluding hydrogens is 884 g/mol. The third-order valence-corrected chi connectivity index (χ3v) is 15.8. The number of fused-ring (bicyclic) bond motifs is 3. The number of hydrogen-bond acceptors (Lipinski definition) is 9. The van der Waals surface area contributed by atoms with Crippen molar-refractivity contribution in [3.05, 3.63) is 130 Å². The van der Waals surface area contributed by atoms with Crippen molar-refractivity contribution in [3.63, 3.8) is 0 Å².